The van der Waals surface area contributed by atoms with Crippen LogP contribution in [0.3, 0.4) is 0 Å². The molecule has 3 aromatic rings. The van der Waals surface area contributed by atoms with E-state index in [1.165, 1.54) is 0 Å². The van der Waals surface area contributed by atoms with Gasteiger partial charge in [0, 0.05) is 28.0 Å². The van der Waals surface area contributed by atoms with Crippen molar-refractivity contribution < 1.29 is 4.42 Å². The fourth-order valence-electron chi connectivity index (χ4n) is 1.75. The molecule has 2 aromatic heterocycles. The normalized spacial score (nSPS) is 10.6. The van der Waals surface area contributed by atoms with Gasteiger partial charge in [0.05, 0.1) is 0 Å². The highest BCUT2D eigenvalue weighted by atomic mass is 35.5. The Labute approximate surface area is 104 Å². The highest BCUT2D eigenvalue weighted by Gasteiger charge is 2.06. The molecular weight excluding hydrogens is 234 g/mol. The first-order valence-corrected chi connectivity index (χ1v) is 5.69. The maximum atomic E-state index is 5.85. The van der Waals surface area contributed by atoms with Gasteiger partial charge in [-0.25, -0.2) is 0 Å². The Morgan fingerprint density at radius 3 is 2.53 bits per heavy atom. The molecule has 0 atom stereocenters. The van der Waals surface area contributed by atoms with Crippen LogP contribution in [0, 0.1) is 0 Å². The monoisotopic (exact) mass is 243 g/mol. The molecule has 2 nitrogen and oxygen atoms in total. The number of nitrogens with one attached hydrogen (secondary N) is 1. The lowest BCUT2D eigenvalue weighted by molar-refractivity contribution is 0.583. The molecule has 0 unspecified atom stereocenters. The van der Waals surface area contributed by atoms with E-state index in [9.17, 15) is 0 Å². The van der Waals surface area contributed by atoms with Gasteiger partial charge in [-0.1, -0.05) is 11.6 Å². The predicted molar refractivity (Wildman–Crippen MR) is 68.9 cm³/mol. The van der Waals surface area contributed by atoms with Crippen LogP contribution in [0.1, 0.15) is 0 Å². The van der Waals surface area contributed by atoms with Gasteiger partial charge in [-0.05, 0) is 42.5 Å². The van der Waals surface area contributed by atoms with Gasteiger partial charge < -0.3 is 9.40 Å². The molecule has 0 saturated heterocycles. The zero-order valence-corrected chi connectivity index (χ0v) is 9.74. The molecule has 0 aliphatic heterocycles. The summed E-state index contributed by atoms with van der Waals surface area (Å²) >= 11 is 5.85. The molecule has 2 heterocycles. The van der Waals surface area contributed by atoms with Crippen LogP contribution in [-0.2, 0) is 0 Å². The number of rotatable bonds is 2. The molecule has 84 valence electrons. The zero-order chi connectivity index (χ0) is 11.7. The highest BCUT2D eigenvalue weighted by Crippen LogP contribution is 2.28. The van der Waals surface area contributed by atoms with Crippen LogP contribution in [-0.4, -0.2) is 4.98 Å². The molecule has 17 heavy (non-hydrogen) atoms. The number of H-pyrrole nitrogens is 1. The first-order chi connectivity index (χ1) is 8.33. The largest absolute Gasteiger partial charge is 0.464 e. The lowest BCUT2D eigenvalue weighted by Gasteiger charge is -1.95. The molecule has 0 fully saturated rings. The second-order valence-corrected chi connectivity index (χ2v) is 4.23. The third-order valence-electron chi connectivity index (χ3n) is 2.64. The fourth-order valence-corrected chi connectivity index (χ4v) is 1.88. The molecule has 3 rings (SSSR count). The lowest BCUT2D eigenvalue weighted by Crippen LogP contribution is -1.73. The summed E-state index contributed by atoms with van der Waals surface area (Å²) in [7, 11) is 0. The Hall–Kier alpha value is -1.93. The third kappa shape index (κ3) is 1.99. The van der Waals surface area contributed by atoms with Crippen LogP contribution in [0.4, 0.5) is 0 Å². The second-order valence-electron chi connectivity index (χ2n) is 3.79. The molecule has 0 bridgehead atoms. The van der Waals surface area contributed by atoms with Gasteiger partial charge in [0.1, 0.15) is 12.0 Å². The highest BCUT2D eigenvalue weighted by molar-refractivity contribution is 6.30. The minimum absolute atomic E-state index is 0.727. The SMILES string of the molecule is Clc1ccc(-c2cc(-c3ccc[nH]3)co2)cc1. The van der Waals surface area contributed by atoms with Gasteiger partial charge in [0.2, 0.25) is 0 Å². The quantitative estimate of drug-likeness (QED) is 0.700. The van der Waals surface area contributed by atoms with Crippen molar-refractivity contribution in [2.45, 2.75) is 0 Å². The fraction of sp³-hybridized carbons (Fsp3) is 0. The van der Waals surface area contributed by atoms with Crippen molar-refractivity contribution in [1.29, 1.82) is 0 Å². The molecule has 3 heteroatoms. The standard InChI is InChI=1S/C14H10ClNO/c15-12-5-3-10(4-6-12)14-8-11(9-17-14)13-2-1-7-16-13/h1-9,16H. The van der Waals surface area contributed by atoms with Crippen molar-refractivity contribution in [2.24, 2.45) is 0 Å². The van der Waals surface area contributed by atoms with Gasteiger partial charge in [-0.15, -0.1) is 0 Å². The average Bonchev–Trinajstić information content (AvgIpc) is 3.00. The molecule has 0 aliphatic carbocycles. The molecule has 0 aliphatic rings. The van der Waals surface area contributed by atoms with Crippen molar-refractivity contribution in [2.75, 3.05) is 0 Å². The van der Waals surface area contributed by atoms with Gasteiger partial charge in [0.25, 0.3) is 0 Å². The summed E-state index contributed by atoms with van der Waals surface area (Å²) in [5.74, 6) is 0.839. The maximum Gasteiger partial charge on any atom is 0.134 e. The number of benzene rings is 1. The number of aromatic nitrogens is 1. The van der Waals surface area contributed by atoms with Crippen LogP contribution < -0.4 is 0 Å². The van der Waals surface area contributed by atoms with Crippen LogP contribution in [0.5, 0.6) is 0 Å². The zero-order valence-electron chi connectivity index (χ0n) is 8.98. The van der Waals surface area contributed by atoms with E-state index in [1.807, 2.05) is 48.7 Å². The molecule has 0 spiro atoms. The first-order valence-electron chi connectivity index (χ1n) is 5.31. The molecular formula is C14H10ClNO. The van der Waals surface area contributed by atoms with E-state index in [-0.39, 0.29) is 0 Å². The van der Waals surface area contributed by atoms with Crippen LogP contribution in [0.15, 0.2) is 59.3 Å². The maximum absolute atomic E-state index is 5.85. The van der Waals surface area contributed by atoms with Crippen molar-refractivity contribution in [3.8, 4) is 22.6 Å². The molecule has 1 aromatic carbocycles. The molecule has 0 radical (unpaired) electrons. The van der Waals surface area contributed by atoms with Gasteiger partial charge >= 0.3 is 0 Å². The van der Waals surface area contributed by atoms with Crippen LogP contribution >= 0.6 is 11.6 Å². The van der Waals surface area contributed by atoms with E-state index in [1.54, 1.807) is 6.26 Å². The summed E-state index contributed by atoms with van der Waals surface area (Å²) in [5.41, 5.74) is 3.11. The van der Waals surface area contributed by atoms with E-state index >= 15 is 0 Å². The van der Waals surface area contributed by atoms with Gasteiger partial charge in [-0.3, -0.25) is 0 Å². The van der Waals surface area contributed by atoms with E-state index < -0.39 is 0 Å². The summed E-state index contributed by atoms with van der Waals surface area (Å²) in [6.45, 7) is 0. The summed E-state index contributed by atoms with van der Waals surface area (Å²) in [6, 6.07) is 13.6. The number of furan rings is 1. The first kappa shape index (κ1) is 10.2. The number of aromatic amines is 1. The van der Waals surface area contributed by atoms with E-state index in [4.69, 9.17) is 16.0 Å². The van der Waals surface area contributed by atoms with Crippen molar-refractivity contribution >= 4 is 11.6 Å². The minimum Gasteiger partial charge on any atom is -0.464 e. The van der Waals surface area contributed by atoms with Crippen LogP contribution in [0.2, 0.25) is 5.02 Å². The minimum atomic E-state index is 0.727. The summed E-state index contributed by atoms with van der Waals surface area (Å²) in [4.78, 5) is 3.15. The van der Waals surface area contributed by atoms with Crippen molar-refractivity contribution in [3.05, 3.63) is 59.9 Å². The van der Waals surface area contributed by atoms with Gasteiger partial charge in [0.15, 0.2) is 0 Å². The molecule has 0 amide bonds. The summed E-state index contributed by atoms with van der Waals surface area (Å²) in [5, 5.41) is 0.727. The predicted octanol–water partition coefficient (Wildman–Crippen LogP) is 4.60. The van der Waals surface area contributed by atoms with Crippen molar-refractivity contribution in [1.82, 2.24) is 4.98 Å². The van der Waals surface area contributed by atoms with E-state index in [0.717, 1.165) is 27.6 Å². The topological polar surface area (TPSA) is 28.9 Å². The Morgan fingerprint density at radius 1 is 1.00 bits per heavy atom. The Bertz CT molecular complexity index is 608. The molecule has 1 N–H and O–H groups in total. The van der Waals surface area contributed by atoms with Gasteiger partial charge in [-0.2, -0.15) is 0 Å². The number of halogens is 1. The Morgan fingerprint density at radius 2 is 1.82 bits per heavy atom. The third-order valence-corrected chi connectivity index (χ3v) is 2.89. The lowest BCUT2D eigenvalue weighted by atomic mass is 10.1. The van der Waals surface area contributed by atoms with Crippen molar-refractivity contribution in [3.63, 3.8) is 0 Å². The Kier molecular flexibility index (Phi) is 2.50. The number of hydrogen-bond acceptors (Lipinski definition) is 1. The summed E-state index contributed by atoms with van der Waals surface area (Å²) < 4.78 is 5.55. The van der Waals surface area contributed by atoms with E-state index in [0.29, 0.717) is 0 Å². The summed E-state index contributed by atoms with van der Waals surface area (Å²) in [6.07, 6.45) is 3.64. The number of hydrogen-bond donors (Lipinski definition) is 1. The second kappa shape index (κ2) is 4.15. The molecule has 0 saturated carbocycles. The average molecular weight is 244 g/mol. The van der Waals surface area contributed by atoms with E-state index in [2.05, 4.69) is 4.98 Å². The smallest absolute Gasteiger partial charge is 0.134 e. The van der Waals surface area contributed by atoms with Crippen LogP contribution in [0.25, 0.3) is 22.6 Å². The Balaban J connectivity index is 1.98.